The summed E-state index contributed by atoms with van der Waals surface area (Å²) < 4.78 is 14.6. The van der Waals surface area contributed by atoms with Crippen molar-refractivity contribution in [2.75, 3.05) is 11.9 Å². The van der Waals surface area contributed by atoms with Gasteiger partial charge in [0.1, 0.15) is 6.10 Å². The Morgan fingerprint density at radius 2 is 2.13 bits per heavy atom. The first kappa shape index (κ1) is 19.0. The SMILES string of the molecule is CC1(C)O[C@H]2[C@H](n3cnc4c(N[C@H]5C[C@H]6CC[C@@H]5C6)nc(Cl)nc43)[C@H]3C[C@@]3(CO)[C@H]2O1. The predicted molar refractivity (Wildman–Crippen MR) is 114 cm³/mol. The maximum atomic E-state index is 10.2. The number of halogens is 1. The number of nitrogens with zero attached hydrogens (tertiary/aromatic N) is 4. The van der Waals surface area contributed by atoms with Crippen LogP contribution in [-0.4, -0.2) is 55.3 Å². The molecule has 9 heteroatoms. The van der Waals surface area contributed by atoms with E-state index in [0.717, 1.165) is 35.2 Å². The van der Waals surface area contributed by atoms with Crippen molar-refractivity contribution in [3.05, 3.63) is 11.6 Å². The van der Waals surface area contributed by atoms with Crippen LogP contribution in [-0.2, 0) is 9.47 Å². The van der Waals surface area contributed by atoms with Gasteiger partial charge in [-0.05, 0) is 68.9 Å². The second-order valence-electron chi connectivity index (χ2n) is 10.8. The van der Waals surface area contributed by atoms with Crippen molar-refractivity contribution in [1.29, 1.82) is 0 Å². The molecule has 5 aliphatic rings. The maximum absolute atomic E-state index is 10.2. The molecule has 8 atom stereocenters. The number of fused-ring (bicyclic) bond motifs is 6. The molecule has 7 rings (SSSR count). The normalized spacial score (nSPS) is 44.1. The zero-order chi connectivity index (χ0) is 21.1. The van der Waals surface area contributed by atoms with Crippen molar-refractivity contribution < 1.29 is 14.6 Å². The quantitative estimate of drug-likeness (QED) is 0.698. The van der Waals surface area contributed by atoms with Gasteiger partial charge >= 0.3 is 0 Å². The molecule has 0 unspecified atom stereocenters. The third kappa shape index (κ3) is 2.56. The van der Waals surface area contributed by atoms with Gasteiger partial charge in [0.25, 0.3) is 0 Å². The van der Waals surface area contributed by atoms with E-state index in [4.69, 9.17) is 26.1 Å². The number of aliphatic hydroxyl groups excluding tert-OH is 1. The molecule has 166 valence electrons. The zero-order valence-corrected chi connectivity index (χ0v) is 18.5. The number of hydrogen-bond acceptors (Lipinski definition) is 7. The molecule has 5 fully saturated rings. The maximum Gasteiger partial charge on any atom is 0.226 e. The first-order chi connectivity index (χ1) is 14.9. The topological polar surface area (TPSA) is 94.3 Å². The third-order valence-electron chi connectivity index (χ3n) is 8.69. The highest BCUT2D eigenvalue weighted by atomic mass is 35.5. The number of anilines is 1. The molecule has 31 heavy (non-hydrogen) atoms. The molecular formula is C22H28ClN5O3. The molecular weight excluding hydrogens is 418 g/mol. The van der Waals surface area contributed by atoms with Gasteiger partial charge < -0.3 is 24.5 Å². The first-order valence-corrected chi connectivity index (χ1v) is 11.9. The van der Waals surface area contributed by atoms with Crippen molar-refractivity contribution in [2.24, 2.45) is 23.2 Å². The van der Waals surface area contributed by atoms with Gasteiger partial charge in [0.2, 0.25) is 5.28 Å². The van der Waals surface area contributed by atoms with Crippen LogP contribution in [0.5, 0.6) is 0 Å². The highest BCUT2D eigenvalue weighted by Crippen LogP contribution is 2.71. The lowest BCUT2D eigenvalue weighted by Crippen LogP contribution is -2.33. The highest BCUT2D eigenvalue weighted by molar-refractivity contribution is 6.28. The molecule has 4 saturated carbocycles. The van der Waals surface area contributed by atoms with Gasteiger partial charge in [-0.25, -0.2) is 4.98 Å². The molecule has 2 aromatic heterocycles. The van der Waals surface area contributed by atoms with Crippen LogP contribution in [0.15, 0.2) is 6.33 Å². The minimum atomic E-state index is -0.666. The lowest BCUT2D eigenvalue weighted by Gasteiger charge is -2.25. The lowest BCUT2D eigenvalue weighted by molar-refractivity contribution is -0.163. The Labute approximate surface area is 185 Å². The molecule has 0 spiro atoms. The van der Waals surface area contributed by atoms with Crippen LogP contribution in [0.4, 0.5) is 5.82 Å². The van der Waals surface area contributed by atoms with Crippen LogP contribution in [0, 0.1) is 23.2 Å². The summed E-state index contributed by atoms with van der Waals surface area (Å²) in [5.41, 5.74) is 1.24. The summed E-state index contributed by atoms with van der Waals surface area (Å²) in [6.07, 6.45) is 7.65. The molecule has 1 aliphatic heterocycles. The Balaban J connectivity index is 1.27. The van der Waals surface area contributed by atoms with Crippen LogP contribution < -0.4 is 5.32 Å². The lowest BCUT2D eigenvalue weighted by atomic mass is 9.95. The fraction of sp³-hybridized carbons (Fsp3) is 0.773. The molecule has 0 amide bonds. The Hall–Kier alpha value is -1.48. The van der Waals surface area contributed by atoms with Crippen LogP contribution in [0.2, 0.25) is 5.28 Å². The molecule has 2 aromatic rings. The number of hydrogen-bond donors (Lipinski definition) is 2. The fourth-order valence-corrected chi connectivity index (χ4v) is 7.45. The van der Waals surface area contributed by atoms with Crippen LogP contribution in [0.3, 0.4) is 0 Å². The third-order valence-corrected chi connectivity index (χ3v) is 8.86. The van der Waals surface area contributed by atoms with E-state index in [2.05, 4.69) is 19.9 Å². The Morgan fingerprint density at radius 3 is 2.87 bits per heavy atom. The molecule has 2 bridgehead atoms. The number of nitrogens with one attached hydrogen (secondary N) is 1. The average molecular weight is 446 g/mol. The van der Waals surface area contributed by atoms with Crippen LogP contribution in [0.1, 0.15) is 52.0 Å². The summed E-state index contributed by atoms with van der Waals surface area (Å²) in [4.78, 5) is 13.8. The van der Waals surface area contributed by atoms with E-state index in [1.165, 1.54) is 25.7 Å². The largest absolute Gasteiger partial charge is 0.396 e. The summed E-state index contributed by atoms with van der Waals surface area (Å²) in [5.74, 6) is 1.90. The smallest absolute Gasteiger partial charge is 0.226 e. The van der Waals surface area contributed by atoms with Gasteiger partial charge in [-0.1, -0.05) is 6.42 Å². The van der Waals surface area contributed by atoms with Gasteiger partial charge in [-0.15, -0.1) is 0 Å². The second-order valence-corrected chi connectivity index (χ2v) is 11.1. The Kier molecular flexibility index (Phi) is 3.74. The standard InChI is InChI=1S/C22H28ClN5O3/c1-21(2)30-16-15(12-7-22(12,8-29)17(16)31-21)28-9-24-14-18(26-20(23)27-19(14)28)25-13-6-10-3-4-11(13)5-10/h9-13,15-17,29H,3-8H2,1-2H3,(H,25,26,27)/t10-,11+,12+,13-,15+,16-,17-,22-/m0/s1. The van der Waals surface area contributed by atoms with E-state index >= 15 is 0 Å². The number of aromatic nitrogens is 4. The van der Waals surface area contributed by atoms with E-state index in [-0.39, 0.29) is 41.5 Å². The molecule has 4 aliphatic carbocycles. The average Bonchev–Trinajstić information content (AvgIpc) is 3.21. The summed E-state index contributed by atoms with van der Waals surface area (Å²) in [6.45, 7) is 3.98. The zero-order valence-electron chi connectivity index (χ0n) is 17.8. The van der Waals surface area contributed by atoms with E-state index in [1.807, 2.05) is 20.2 Å². The van der Waals surface area contributed by atoms with Crippen molar-refractivity contribution in [1.82, 2.24) is 19.5 Å². The van der Waals surface area contributed by atoms with E-state index in [9.17, 15) is 5.11 Å². The molecule has 8 nitrogen and oxygen atoms in total. The summed E-state index contributed by atoms with van der Waals surface area (Å²) >= 11 is 6.38. The highest BCUT2D eigenvalue weighted by Gasteiger charge is 2.75. The van der Waals surface area contributed by atoms with Crippen LogP contribution in [0.25, 0.3) is 11.2 Å². The Morgan fingerprint density at radius 1 is 1.26 bits per heavy atom. The minimum Gasteiger partial charge on any atom is -0.396 e. The molecule has 3 heterocycles. The number of rotatable bonds is 4. The number of imidazole rings is 1. The monoisotopic (exact) mass is 445 g/mol. The first-order valence-electron chi connectivity index (χ1n) is 11.5. The van der Waals surface area contributed by atoms with Gasteiger partial charge in [0.15, 0.2) is 22.8 Å². The van der Waals surface area contributed by atoms with Crippen molar-refractivity contribution in [3.8, 4) is 0 Å². The van der Waals surface area contributed by atoms with Gasteiger partial charge in [-0.2, -0.15) is 9.97 Å². The molecule has 0 aromatic carbocycles. The number of ether oxygens (including phenoxy) is 2. The van der Waals surface area contributed by atoms with E-state index in [0.29, 0.717) is 6.04 Å². The van der Waals surface area contributed by atoms with Gasteiger partial charge in [0.05, 0.1) is 25.1 Å². The Bertz CT molecular complexity index is 1070. The van der Waals surface area contributed by atoms with Crippen molar-refractivity contribution >= 4 is 28.6 Å². The second kappa shape index (κ2) is 6.10. The summed E-state index contributed by atoms with van der Waals surface area (Å²) in [7, 11) is 0. The molecule has 1 saturated heterocycles. The number of aliphatic hydroxyl groups is 1. The molecule has 2 N–H and O–H groups in total. The van der Waals surface area contributed by atoms with Crippen molar-refractivity contribution in [3.63, 3.8) is 0 Å². The fourth-order valence-electron chi connectivity index (χ4n) is 7.28. The van der Waals surface area contributed by atoms with Gasteiger partial charge in [0, 0.05) is 11.5 Å². The molecule has 0 radical (unpaired) electrons. The van der Waals surface area contributed by atoms with E-state index < -0.39 is 5.79 Å². The van der Waals surface area contributed by atoms with Crippen LogP contribution >= 0.6 is 11.6 Å². The van der Waals surface area contributed by atoms with Crippen molar-refractivity contribution in [2.45, 2.75) is 76.0 Å². The summed E-state index contributed by atoms with van der Waals surface area (Å²) in [6, 6.07) is 0.442. The summed E-state index contributed by atoms with van der Waals surface area (Å²) in [5, 5.41) is 14.1. The predicted octanol–water partition coefficient (Wildman–Crippen LogP) is 3.15. The van der Waals surface area contributed by atoms with Gasteiger partial charge in [-0.3, -0.25) is 0 Å². The minimum absolute atomic E-state index is 0.00485. The van der Waals surface area contributed by atoms with E-state index in [1.54, 1.807) is 0 Å².